The first-order valence-electron chi connectivity index (χ1n) is 7.00. The Kier molecular flexibility index (Phi) is 3.99. The van der Waals surface area contributed by atoms with Crippen molar-refractivity contribution in [1.29, 1.82) is 0 Å². The lowest BCUT2D eigenvalue weighted by molar-refractivity contribution is 0.590. The summed E-state index contributed by atoms with van der Waals surface area (Å²) in [6.07, 6.45) is 3.20. The lowest BCUT2D eigenvalue weighted by Crippen LogP contribution is -2.11. The maximum absolute atomic E-state index is 12.1. The molecule has 2 heteroatoms. The van der Waals surface area contributed by atoms with Gasteiger partial charge in [0, 0.05) is 24.4 Å². The van der Waals surface area contributed by atoms with Crippen molar-refractivity contribution in [3.05, 3.63) is 70.5 Å². The Labute approximate surface area is 127 Å². The van der Waals surface area contributed by atoms with Gasteiger partial charge in [0.05, 0.1) is 0 Å². The molecule has 0 spiro atoms. The summed E-state index contributed by atoms with van der Waals surface area (Å²) < 4.78 is 0. The Morgan fingerprint density at radius 1 is 1.10 bits per heavy atom. The second-order valence-electron chi connectivity index (χ2n) is 6.11. The van der Waals surface area contributed by atoms with Gasteiger partial charge in [-0.3, -0.25) is 4.79 Å². The number of aromatic amines is 1. The summed E-state index contributed by atoms with van der Waals surface area (Å²) in [6, 6.07) is 9.88. The van der Waals surface area contributed by atoms with Crippen LogP contribution in [0.1, 0.15) is 39.0 Å². The molecule has 1 N–H and O–H groups in total. The number of nitrogens with one attached hydrogen (secondary N) is 1. The Bertz CT molecular complexity index is 734. The van der Waals surface area contributed by atoms with Gasteiger partial charge in [-0.25, -0.2) is 0 Å². The monoisotopic (exact) mass is 281 g/mol. The average molecular weight is 281 g/mol. The Morgan fingerprint density at radius 3 is 2.19 bits per heavy atom. The number of hydrogen-bond acceptors (Lipinski definition) is 1. The van der Waals surface area contributed by atoms with E-state index < -0.39 is 0 Å². The molecule has 0 aliphatic rings. The molecule has 0 amide bonds. The van der Waals surface area contributed by atoms with Crippen LogP contribution in [0, 0.1) is 0 Å². The largest absolute Gasteiger partial charge is 0.354 e. The SMILES string of the molecule is C=Cc1[nH]c(-c2ccc(C(C)(C)C)cc2)cc(=O)c1C=C.[HH]. The molecular formula is C19H23NO. The molecular weight excluding hydrogens is 258 g/mol. The molecule has 0 unspecified atom stereocenters. The van der Waals surface area contributed by atoms with Crippen LogP contribution < -0.4 is 5.43 Å². The number of H-pyrrole nitrogens is 1. The number of rotatable bonds is 3. The van der Waals surface area contributed by atoms with E-state index in [4.69, 9.17) is 0 Å². The van der Waals surface area contributed by atoms with Gasteiger partial charge < -0.3 is 4.98 Å². The average Bonchev–Trinajstić information content (AvgIpc) is 2.45. The third-order valence-corrected chi connectivity index (χ3v) is 3.57. The predicted molar refractivity (Wildman–Crippen MR) is 93.5 cm³/mol. The van der Waals surface area contributed by atoms with Gasteiger partial charge in [0.25, 0.3) is 0 Å². The quantitative estimate of drug-likeness (QED) is 0.855. The maximum atomic E-state index is 12.1. The van der Waals surface area contributed by atoms with E-state index in [1.54, 1.807) is 18.2 Å². The molecule has 1 aromatic heterocycles. The van der Waals surface area contributed by atoms with E-state index in [1.807, 2.05) is 12.1 Å². The van der Waals surface area contributed by atoms with Gasteiger partial charge in [-0.2, -0.15) is 0 Å². The molecule has 0 radical (unpaired) electrons. The van der Waals surface area contributed by atoms with E-state index in [-0.39, 0.29) is 12.3 Å². The van der Waals surface area contributed by atoms with Crippen LogP contribution in [0.15, 0.2) is 48.3 Å². The Balaban J connectivity index is 0.00000242. The zero-order chi connectivity index (χ0) is 15.6. The van der Waals surface area contributed by atoms with E-state index in [2.05, 4.69) is 51.0 Å². The summed E-state index contributed by atoms with van der Waals surface area (Å²) in [7, 11) is 0. The van der Waals surface area contributed by atoms with E-state index in [0.717, 1.165) is 11.3 Å². The van der Waals surface area contributed by atoms with Gasteiger partial charge >= 0.3 is 0 Å². The minimum Gasteiger partial charge on any atom is -0.354 e. The van der Waals surface area contributed by atoms with Crippen molar-refractivity contribution in [2.75, 3.05) is 0 Å². The van der Waals surface area contributed by atoms with Crippen LogP contribution in [0.3, 0.4) is 0 Å². The molecule has 0 aliphatic carbocycles. The van der Waals surface area contributed by atoms with E-state index in [9.17, 15) is 4.79 Å². The topological polar surface area (TPSA) is 32.9 Å². The summed E-state index contributed by atoms with van der Waals surface area (Å²) in [5, 5.41) is 0. The van der Waals surface area contributed by atoms with Gasteiger partial charge in [0.15, 0.2) is 5.43 Å². The molecule has 110 valence electrons. The summed E-state index contributed by atoms with van der Waals surface area (Å²) in [5.41, 5.74) is 4.37. The van der Waals surface area contributed by atoms with E-state index >= 15 is 0 Å². The van der Waals surface area contributed by atoms with Crippen molar-refractivity contribution in [1.82, 2.24) is 4.98 Å². The zero-order valence-corrected chi connectivity index (χ0v) is 12.9. The van der Waals surface area contributed by atoms with Crippen LogP contribution in [0.25, 0.3) is 23.4 Å². The van der Waals surface area contributed by atoms with Crippen molar-refractivity contribution >= 4 is 12.2 Å². The minimum atomic E-state index is -0.0476. The molecule has 1 heterocycles. The minimum absolute atomic E-state index is 0. The molecule has 0 aliphatic heterocycles. The number of hydrogen-bond donors (Lipinski definition) is 1. The van der Waals surface area contributed by atoms with Crippen molar-refractivity contribution in [2.24, 2.45) is 0 Å². The maximum Gasteiger partial charge on any atom is 0.189 e. The first kappa shape index (κ1) is 15.0. The van der Waals surface area contributed by atoms with Crippen molar-refractivity contribution in [3.63, 3.8) is 0 Å². The molecule has 2 nitrogen and oxygen atoms in total. The fourth-order valence-electron chi connectivity index (χ4n) is 2.27. The highest BCUT2D eigenvalue weighted by Crippen LogP contribution is 2.25. The second-order valence-corrected chi connectivity index (χ2v) is 6.11. The normalized spacial score (nSPS) is 11.2. The van der Waals surface area contributed by atoms with Crippen LogP contribution in [0.5, 0.6) is 0 Å². The predicted octanol–water partition coefficient (Wildman–Crippen LogP) is 4.87. The van der Waals surface area contributed by atoms with Gasteiger partial charge in [-0.15, -0.1) is 0 Å². The summed E-state index contributed by atoms with van der Waals surface area (Å²) in [5.74, 6) is 0. The molecule has 21 heavy (non-hydrogen) atoms. The van der Waals surface area contributed by atoms with Gasteiger partial charge in [-0.1, -0.05) is 64.3 Å². The highest BCUT2D eigenvalue weighted by atomic mass is 16.1. The van der Waals surface area contributed by atoms with E-state index in [0.29, 0.717) is 11.3 Å². The van der Waals surface area contributed by atoms with Crippen molar-refractivity contribution in [2.45, 2.75) is 26.2 Å². The molecule has 0 saturated carbocycles. The zero-order valence-electron chi connectivity index (χ0n) is 12.9. The molecule has 1 aromatic carbocycles. The molecule has 2 aromatic rings. The molecule has 2 rings (SSSR count). The lowest BCUT2D eigenvalue weighted by Gasteiger charge is -2.19. The van der Waals surface area contributed by atoms with Gasteiger partial charge in [0.2, 0.25) is 0 Å². The first-order chi connectivity index (χ1) is 9.86. The smallest absolute Gasteiger partial charge is 0.189 e. The third kappa shape index (κ3) is 3.05. The van der Waals surface area contributed by atoms with Gasteiger partial charge in [0.1, 0.15) is 0 Å². The molecule has 0 saturated heterocycles. The Morgan fingerprint density at radius 2 is 1.71 bits per heavy atom. The fraction of sp³-hybridized carbons (Fsp3) is 0.211. The number of aromatic nitrogens is 1. The van der Waals surface area contributed by atoms with Crippen LogP contribution >= 0.6 is 0 Å². The van der Waals surface area contributed by atoms with Crippen LogP contribution in [0.2, 0.25) is 0 Å². The van der Waals surface area contributed by atoms with E-state index in [1.165, 1.54) is 5.56 Å². The van der Waals surface area contributed by atoms with Crippen molar-refractivity contribution in [3.8, 4) is 11.3 Å². The summed E-state index contributed by atoms with van der Waals surface area (Å²) in [4.78, 5) is 15.4. The lowest BCUT2D eigenvalue weighted by atomic mass is 9.86. The van der Waals surface area contributed by atoms with Crippen LogP contribution in [-0.2, 0) is 5.41 Å². The summed E-state index contributed by atoms with van der Waals surface area (Å²) in [6.45, 7) is 14.0. The number of benzene rings is 1. The standard InChI is InChI=1S/C19H21NO.H2/c1-6-15-16(7-2)20-17(12-18(15)21)13-8-10-14(11-9-13)19(3,4)5;/h6-12H,1-2H2,3-5H3,(H,20,21);1H. The highest BCUT2D eigenvalue weighted by Gasteiger charge is 2.13. The van der Waals surface area contributed by atoms with Crippen LogP contribution in [0.4, 0.5) is 0 Å². The molecule has 0 bridgehead atoms. The molecule has 0 atom stereocenters. The number of pyridine rings is 1. The third-order valence-electron chi connectivity index (χ3n) is 3.57. The fourth-order valence-corrected chi connectivity index (χ4v) is 2.27. The van der Waals surface area contributed by atoms with Gasteiger partial charge in [-0.05, 0) is 22.6 Å². The first-order valence-corrected chi connectivity index (χ1v) is 7.00. The Hall–Kier alpha value is -2.35. The molecule has 0 fully saturated rings. The summed E-state index contributed by atoms with van der Waals surface area (Å²) >= 11 is 0. The second kappa shape index (κ2) is 5.57. The van der Waals surface area contributed by atoms with Crippen molar-refractivity contribution < 1.29 is 1.43 Å². The highest BCUT2D eigenvalue weighted by molar-refractivity contribution is 5.67. The van der Waals surface area contributed by atoms with Crippen LogP contribution in [-0.4, -0.2) is 4.98 Å².